The normalized spacial score (nSPS) is 22.7. The van der Waals surface area contributed by atoms with Gasteiger partial charge in [-0.2, -0.15) is 18.4 Å². The van der Waals surface area contributed by atoms with Gasteiger partial charge in [0.05, 0.1) is 11.6 Å². The van der Waals surface area contributed by atoms with Crippen LogP contribution in [0.2, 0.25) is 0 Å². The highest BCUT2D eigenvalue weighted by Crippen LogP contribution is 2.32. The van der Waals surface area contributed by atoms with E-state index in [-0.39, 0.29) is 11.8 Å². The fourth-order valence-corrected chi connectivity index (χ4v) is 3.68. The number of alkyl halides is 3. The summed E-state index contributed by atoms with van der Waals surface area (Å²) in [5.41, 5.74) is 2.28. The van der Waals surface area contributed by atoms with Gasteiger partial charge >= 0.3 is 6.18 Å². The molecule has 1 saturated heterocycles. The molecule has 3 unspecified atom stereocenters. The lowest BCUT2D eigenvalue weighted by Crippen LogP contribution is -2.38. The van der Waals surface area contributed by atoms with E-state index in [1.807, 2.05) is 19.9 Å². The molecule has 1 aliphatic heterocycles. The van der Waals surface area contributed by atoms with Crippen molar-refractivity contribution in [2.24, 2.45) is 5.92 Å². The lowest BCUT2D eigenvalue weighted by Gasteiger charge is -2.28. The van der Waals surface area contributed by atoms with Crippen molar-refractivity contribution in [2.45, 2.75) is 71.0 Å². The summed E-state index contributed by atoms with van der Waals surface area (Å²) in [5, 5.41) is 12.4. The van der Waals surface area contributed by atoms with E-state index in [2.05, 4.69) is 29.6 Å². The van der Waals surface area contributed by atoms with Gasteiger partial charge in [-0.1, -0.05) is 43.7 Å². The van der Waals surface area contributed by atoms with Crippen LogP contribution in [0.25, 0.3) is 0 Å². The second kappa shape index (κ2) is 10.6. The molecule has 0 spiro atoms. The average molecular weight is 405 g/mol. The Kier molecular flexibility index (Phi) is 8.52. The van der Waals surface area contributed by atoms with Crippen molar-refractivity contribution in [3.05, 3.63) is 58.7 Å². The van der Waals surface area contributed by atoms with Gasteiger partial charge in [-0.25, -0.2) is 0 Å². The number of nitriles is 1. The third kappa shape index (κ3) is 7.04. The van der Waals surface area contributed by atoms with Crippen molar-refractivity contribution in [3.63, 3.8) is 0 Å². The second-order valence-corrected chi connectivity index (χ2v) is 7.98. The van der Waals surface area contributed by atoms with E-state index < -0.39 is 11.7 Å². The largest absolute Gasteiger partial charge is 0.416 e. The molecule has 3 rings (SSSR count). The van der Waals surface area contributed by atoms with Crippen LogP contribution in [0, 0.1) is 24.2 Å². The Hall–Kier alpha value is -2.06. The highest BCUT2D eigenvalue weighted by molar-refractivity contribution is 5.33. The maximum Gasteiger partial charge on any atom is 0.416 e. The summed E-state index contributed by atoms with van der Waals surface area (Å²) < 4.78 is 37.5. The zero-order valence-electron chi connectivity index (χ0n) is 17.5. The molecule has 1 aromatic carbocycles. The van der Waals surface area contributed by atoms with Crippen LogP contribution in [0.5, 0.6) is 0 Å². The number of piperidine rings is 1. The zero-order valence-corrected chi connectivity index (χ0v) is 17.5. The van der Waals surface area contributed by atoms with Crippen molar-refractivity contribution in [3.8, 4) is 6.07 Å². The molecule has 0 radical (unpaired) electrons. The van der Waals surface area contributed by atoms with E-state index >= 15 is 0 Å². The van der Waals surface area contributed by atoms with Crippen LogP contribution in [0.4, 0.5) is 13.2 Å². The van der Waals surface area contributed by atoms with Gasteiger partial charge in [0.2, 0.25) is 0 Å². The summed E-state index contributed by atoms with van der Waals surface area (Å²) in [5.74, 6) is 0.420. The minimum atomic E-state index is -4.24. The predicted octanol–water partition coefficient (Wildman–Crippen LogP) is 6.68. The van der Waals surface area contributed by atoms with Crippen LogP contribution in [-0.2, 0) is 6.18 Å². The van der Waals surface area contributed by atoms with Gasteiger partial charge in [0.15, 0.2) is 0 Å². The average Bonchev–Trinajstić information content (AvgIpc) is 2.73. The molecule has 1 aliphatic carbocycles. The molecule has 2 nitrogen and oxygen atoms in total. The summed E-state index contributed by atoms with van der Waals surface area (Å²) in [4.78, 5) is 0. The maximum atomic E-state index is 12.5. The number of benzene rings is 1. The van der Waals surface area contributed by atoms with Crippen LogP contribution in [0.3, 0.4) is 0 Å². The van der Waals surface area contributed by atoms with Crippen LogP contribution in [-0.4, -0.2) is 12.6 Å². The number of hydrogen-bond acceptors (Lipinski definition) is 2. The molecule has 1 heterocycles. The molecule has 0 aromatic heterocycles. The van der Waals surface area contributed by atoms with Gasteiger partial charge in [-0.15, -0.1) is 0 Å². The molecule has 1 aromatic rings. The fourth-order valence-electron chi connectivity index (χ4n) is 3.68. The molecule has 3 atom stereocenters. The second-order valence-electron chi connectivity index (χ2n) is 7.98. The van der Waals surface area contributed by atoms with E-state index in [9.17, 15) is 13.2 Å². The minimum Gasteiger partial charge on any atom is -0.310 e. The Bertz CT molecular complexity index is 771. The van der Waals surface area contributed by atoms with Gasteiger partial charge in [0, 0.05) is 12.0 Å². The molecule has 5 heteroatoms. The SMILES string of the molecule is CCC(C)c1cc(C)cc(C(F)(F)F)c1.N#CC1CCNC(C2=CCCC=C2)C1. The van der Waals surface area contributed by atoms with Crippen molar-refractivity contribution >= 4 is 0 Å². The Morgan fingerprint density at radius 1 is 1.24 bits per heavy atom. The van der Waals surface area contributed by atoms with Gasteiger partial charge in [0.1, 0.15) is 0 Å². The standard InChI is InChI=1S/C12H15F3.C12H16N2/c1-4-9(3)10-5-8(2)6-11(7-10)12(13,14)15;13-9-10-6-7-14-12(8-10)11-4-2-1-3-5-11/h5-7,9H,4H2,1-3H3;2,4-5,10,12,14H,1,3,6-8H2. The van der Waals surface area contributed by atoms with Crippen LogP contribution in [0.1, 0.15) is 68.6 Å². The van der Waals surface area contributed by atoms with E-state index in [1.54, 1.807) is 6.92 Å². The van der Waals surface area contributed by atoms with Crippen molar-refractivity contribution in [1.82, 2.24) is 5.32 Å². The number of aryl methyl sites for hydroxylation is 1. The summed E-state index contributed by atoms with van der Waals surface area (Å²) in [6.45, 7) is 6.59. The molecule has 1 fully saturated rings. The van der Waals surface area contributed by atoms with Gasteiger partial charge in [-0.05, 0) is 74.8 Å². The summed E-state index contributed by atoms with van der Waals surface area (Å²) in [6.07, 6.45) is 7.65. The highest BCUT2D eigenvalue weighted by atomic mass is 19.4. The van der Waals surface area contributed by atoms with E-state index in [0.717, 1.165) is 44.2 Å². The molecular weight excluding hydrogens is 373 g/mol. The number of nitrogens with zero attached hydrogens (tertiary/aromatic N) is 1. The monoisotopic (exact) mass is 404 g/mol. The molecule has 1 N–H and O–H groups in total. The number of nitrogens with one attached hydrogen (secondary N) is 1. The summed E-state index contributed by atoms with van der Waals surface area (Å²) in [7, 11) is 0. The van der Waals surface area contributed by atoms with Crippen molar-refractivity contribution < 1.29 is 13.2 Å². The number of rotatable bonds is 3. The van der Waals surface area contributed by atoms with E-state index in [1.165, 1.54) is 17.7 Å². The summed E-state index contributed by atoms with van der Waals surface area (Å²) >= 11 is 0. The Morgan fingerprint density at radius 2 is 2.00 bits per heavy atom. The first-order chi connectivity index (χ1) is 13.7. The number of allylic oxidation sites excluding steroid dienone is 2. The zero-order chi connectivity index (χ0) is 21.4. The maximum absolute atomic E-state index is 12.5. The lowest BCUT2D eigenvalue weighted by atomic mass is 9.88. The molecular formula is C24H31F3N2. The van der Waals surface area contributed by atoms with Crippen molar-refractivity contribution in [1.29, 1.82) is 5.26 Å². The Morgan fingerprint density at radius 3 is 2.59 bits per heavy atom. The Labute approximate surface area is 172 Å². The molecule has 0 saturated carbocycles. The van der Waals surface area contributed by atoms with Crippen LogP contribution >= 0.6 is 0 Å². The first-order valence-corrected chi connectivity index (χ1v) is 10.4. The first kappa shape index (κ1) is 23.2. The van der Waals surface area contributed by atoms with Crippen LogP contribution in [0.15, 0.2) is 42.0 Å². The van der Waals surface area contributed by atoms with Crippen LogP contribution < -0.4 is 5.32 Å². The van der Waals surface area contributed by atoms with Gasteiger partial charge in [0.25, 0.3) is 0 Å². The topological polar surface area (TPSA) is 35.8 Å². The van der Waals surface area contributed by atoms with Gasteiger partial charge in [-0.3, -0.25) is 0 Å². The molecule has 158 valence electrons. The van der Waals surface area contributed by atoms with E-state index in [4.69, 9.17) is 5.26 Å². The highest BCUT2D eigenvalue weighted by Gasteiger charge is 2.31. The van der Waals surface area contributed by atoms with Gasteiger partial charge < -0.3 is 5.32 Å². The predicted molar refractivity (Wildman–Crippen MR) is 111 cm³/mol. The molecule has 29 heavy (non-hydrogen) atoms. The summed E-state index contributed by atoms with van der Waals surface area (Å²) in [6, 6.07) is 7.06. The minimum absolute atomic E-state index is 0.172. The Balaban J connectivity index is 0.000000207. The third-order valence-corrected chi connectivity index (χ3v) is 5.62. The smallest absolute Gasteiger partial charge is 0.310 e. The van der Waals surface area contributed by atoms with Crippen molar-refractivity contribution in [2.75, 3.05) is 6.54 Å². The molecule has 2 aliphatic rings. The fraction of sp³-hybridized carbons (Fsp3) is 0.542. The quantitative estimate of drug-likeness (QED) is 0.610. The lowest BCUT2D eigenvalue weighted by molar-refractivity contribution is -0.137. The first-order valence-electron chi connectivity index (χ1n) is 10.4. The van der Waals surface area contributed by atoms with E-state index in [0.29, 0.717) is 11.6 Å². The number of halogens is 3. The molecule has 0 bridgehead atoms. The third-order valence-electron chi connectivity index (χ3n) is 5.62. The number of hydrogen-bond donors (Lipinski definition) is 1. The molecule has 0 amide bonds.